The van der Waals surface area contributed by atoms with Gasteiger partial charge in [0.05, 0.1) is 5.60 Å². The van der Waals surface area contributed by atoms with Gasteiger partial charge in [0, 0.05) is 18.8 Å². The Balaban J connectivity index is 2.04. The molecule has 1 saturated carbocycles. The standard InChI is InChI=1S/C7H10N2O/c10-7(1-2-7)5-6-8-3-4-9-6/h3-4,10H,1-2,5H2,(H,8,9). The van der Waals surface area contributed by atoms with Gasteiger partial charge in [0.15, 0.2) is 0 Å². The normalized spacial score (nSPS) is 20.9. The zero-order valence-corrected chi connectivity index (χ0v) is 5.67. The van der Waals surface area contributed by atoms with Crippen LogP contribution in [0.4, 0.5) is 0 Å². The third kappa shape index (κ3) is 1.04. The smallest absolute Gasteiger partial charge is 0.108 e. The summed E-state index contributed by atoms with van der Waals surface area (Å²) in [4.78, 5) is 6.99. The molecule has 0 radical (unpaired) electrons. The lowest BCUT2D eigenvalue weighted by molar-refractivity contribution is 0.148. The van der Waals surface area contributed by atoms with Gasteiger partial charge in [-0.2, -0.15) is 0 Å². The van der Waals surface area contributed by atoms with Gasteiger partial charge in [-0.15, -0.1) is 0 Å². The van der Waals surface area contributed by atoms with Gasteiger partial charge in [-0.3, -0.25) is 0 Å². The number of imidazole rings is 1. The number of hydrogen-bond acceptors (Lipinski definition) is 2. The molecule has 0 unspecified atom stereocenters. The van der Waals surface area contributed by atoms with Crippen molar-refractivity contribution in [3.8, 4) is 0 Å². The van der Waals surface area contributed by atoms with Crippen molar-refractivity contribution in [2.75, 3.05) is 0 Å². The molecule has 0 aromatic carbocycles. The minimum Gasteiger partial charge on any atom is -0.389 e. The molecule has 54 valence electrons. The highest BCUT2D eigenvalue weighted by Gasteiger charge is 2.40. The van der Waals surface area contributed by atoms with E-state index < -0.39 is 5.60 Å². The lowest BCUT2D eigenvalue weighted by Gasteiger charge is -2.02. The monoisotopic (exact) mass is 138 g/mol. The Morgan fingerprint density at radius 3 is 3.00 bits per heavy atom. The fourth-order valence-electron chi connectivity index (χ4n) is 1.03. The highest BCUT2D eigenvalue weighted by molar-refractivity contribution is 5.03. The van der Waals surface area contributed by atoms with Crippen LogP contribution in [0, 0.1) is 0 Å². The minimum atomic E-state index is -0.419. The van der Waals surface area contributed by atoms with Crippen molar-refractivity contribution in [2.24, 2.45) is 0 Å². The van der Waals surface area contributed by atoms with E-state index in [1.807, 2.05) is 0 Å². The second-order valence-electron chi connectivity index (χ2n) is 2.94. The summed E-state index contributed by atoms with van der Waals surface area (Å²) in [6.07, 6.45) is 6.02. The van der Waals surface area contributed by atoms with Crippen LogP contribution in [-0.4, -0.2) is 20.7 Å². The van der Waals surface area contributed by atoms with Gasteiger partial charge in [0.2, 0.25) is 0 Å². The largest absolute Gasteiger partial charge is 0.389 e. The number of H-pyrrole nitrogens is 1. The number of rotatable bonds is 2. The second kappa shape index (κ2) is 1.83. The molecular weight excluding hydrogens is 128 g/mol. The van der Waals surface area contributed by atoms with Crippen LogP contribution >= 0.6 is 0 Å². The van der Waals surface area contributed by atoms with Crippen molar-refractivity contribution in [3.05, 3.63) is 18.2 Å². The van der Waals surface area contributed by atoms with Crippen LogP contribution < -0.4 is 0 Å². The number of nitrogens with one attached hydrogen (secondary N) is 1. The predicted octanol–water partition coefficient (Wildman–Crippen LogP) is 0.477. The molecule has 1 aromatic rings. The molecule has 0 aliphatic heterocycles. The first-order valence-electron chi connectivity index (χ1n) is 3.49. The predicted molar refractivity (Wildman–Crippen MR) is 36.5 cm³/mol. The summed E-state index contributed by atoms with van der Waals surface area (Å²) in [5.74, 6) is 0.889. The third-order valence-corrected chi connectivity index (χ3v) is 1.88. The highest BCUT2D eigenvalue weighted by Crippen LogP contribution is 2.37. The van der Waals surface area contributed by atoms with Crippen molar-refractivity contribution < 1.29 is 5.11 Å². The summed E-state index contributed by atoms with van der Waals surface area (Å²) < 4.78 is 0. The summed E-state index contributed by atoms with van der Waals surface area (Å²) in [5, 5.41) is 9.44. The van der Waals surface area contributed by atoms with Crippen LogP contribution in [-0.2, 0) is 6.42 Å². The van der Waals surface area contributed by atoms with Gasteiger partial charge in [-0.1, -0.05) is 0 Å². The first kappa shape index (κ1) is 5.92. The molecule has 1 aromatic heterocycles. The van der Waals surface area contributed by atoms with Crippen LogP contribution in [0.15, 0.2) is 12.4 Å². The molecule has 0 saturated heterocycles. The second-order valence-corrected chi connectivity index (χ2v) is 2.94. The van der Waals surface area contributed by atoms with Crippen molar-refractivity contribution in [3.63, 3.8) is 0 Å². The van der Waals surface area contributed by atoms with Crippen LogP contribution in [0.25, 0.3) is 0 Å². The molecule has 10 heavy (non-hydrogen) atoms. The fraction of sp³-hybridized carbons (Fsp3) is 0.571. The summed E-state index contributed by atoms with van der Waals surface area (Å²) in [6, 6.07) is 0. The van der Waals surface area contributed by atoms with E-state index in [4.69, 9.17) is 0 Å². The Bertz CT molecular complexity index is 214. The molecule has 0 spiro atoms. The minimum absolute atomic E-state index is 0.419. The van der Waals surface area contributed by atoms with E-state index in [1.165, 1.54) is 0 Å². The van der Waals surface area contributed by atoms with Crippen molar-refractivity contribution in [1.82, 2.24) is 9.97 Å². The van der Waals surface area contributed by atoms with Gasteiger partial charge in [0.1, 0.15) is 5.82 Å². The van der Waals surface area contributed by atoms with Crippen LogP contribution in [0.1, 0.15) is 18.7 Å². The van der Waals surface area contributed by atoms with Crippen LogP contribution in [0.2, 0.25) is 0 Å². The zero-order valence-electron chi connectivity index (χ0n) is 5.67. The number of aromatic nitrogens is 2. The molecule has 2 rings (SSSR count). The molecule has 3 heteroatoms. The van der Waals surface area contributed by atoms with Gasteiger partial charge in [0.25, 0.3) is 0 Å². The van der Waals surface area contributed by atoms with Crippen molar-refractivity contribution >= 4 is 0 Å². The van der Waals surface area contributed by atoms with Gasteiger partial charge in [-0.05, 0) is 12.8 Å². The molecule has 1 fully saturated rings. The molecule has 0 amide bonds. The molecule has 1 aliphatic rings. The average Bonchev–Trinajstić information content (AvgIpc) is 2.47. The Kier molecular flexibility index (Phi) is 1.08. The van der Waals surface area contributed by atoms with E-state index >= 15 is 0 Å². The quantitative estimate of drug-likeness (QED) is 0.624. The molecule has 3 nitrogen and oxygen atoms in total. The third-order valence-electron chi connectivity index (χ3n) is 1.88. The molecule has 0 bridgehead atoms. The highest BCUT2D eigenvalue weighted by atomic mass is 16.3. The Hall–Kier alpha value is -0.830. The maximum absolute atomic E-state index is 9.44. The van der Waals surface area contributed by atoms with Gasteiger partial charge < -0.3 is 10.1 Å². The topological polar surface area (TPSA) is 48.9 Å². The van der Waals surface area contributed by atoms with Crippen molar-refractivity contribution in [2.45, 2.75) is 24.9 Å². The van der Waals surface area contributed by atoms with E-state index in [0.717, 1.165) is 18.7 Å². The maximum Gasteiger partial charge on any atom is 0.108 e. The van der Waals surface area contributed by atoms with E-state index in [9.17, 15) is 5.11 Å². The summed E-state index contributed by atoms with van der Waals surface area (Å²) in [7, 11) is 0. The van der Waals surface area contributed by atoms with E-state index in [2.05, 4.69) is 9.97 Å². The maximum atomic E-state index is 9.44. The summed E-state index contributed by atoms with van der Waals surface area (Å²) in [6.45, 7) is 0. The number of aliphatic hydroxyl groups is 1. The van der Waals surface area contributed by atoms with E-state index in [0.29, 0.717) is 6.42 Å². The fourth-order valence-corrected chi connectivity index (χ4v) is 1.03. The van der Waals surface area contributed by atoms with Crippen LogP contribution in [0.5, 0.6) is 0 Å². The van der Waals surface area contributed by atoms with E-state index in [1.54, 1.807) is 12.4 Å². The lowest BCUT2D eigenvalue weighted by atomic mass is 10.2. The lowest BCUT2D eigenvalue weighted by Crippen LogP contribution is -2.11. The number of nitrogens with zero attached hydrogens (tertiary/aromatic N) is 1. The zero-order chi connectivity index (χ0) is 7.03. The SMILES string of the molecule is OC1(Cc2ncc[nH]2)CC1. The first-order chi connectivity index (χ1) is 4.79. The Morgan fingerprint density at radius 2 is 2.50 bits per heavy atom. The van der Waals surface area contributed by atoms with E-state index in [-0.39, 0.29) is 0 Å². The van der Waals surface area contributed by atoms with Gasteiger partial charge in [-0.25, -0.2) is 4.98 Å². The van der Waals surface area contributed by atoms with Crippen LogP contribution in [0.3, 0.4) is 0 Å². The summed E-state index contributed by atoms with van der Waals surface area (Å²) in [5.41, 5.74) is -0.419. The Morgan fingerprint density at radius 1 is 1.70 bits per heavy atom. The number of aromatic amines is 1. The van der Waals surface area contributed by atoms with Crippen molar-refractivity contribution in [1.29, 1.82) is 0 Å². The number of hydrogen-bond donors (Lipinski definition) is 2. The summed E-state index contributed by atoms with van der Waals surface area (Å²) >= 11 is 0. The first-order valence-corrected chi connectivity index (χ1v) is 3.49. The molecule has 1 aliphatic carbocycles. The molecule has 1 heterocycles. The molecule has 0 atom stereocenters. The molecule has 2 N–H and O–H groups in total. The van der Waals surface area contributed by atoms with Gasteiger partial charge >= 0.3 is 0 Å². The Labute approximate surface area is 59.1 Å². The average molecular weight is 138 g/mol. The molecular formula is C7H10N2O.